The van der Waals surface area contributed by atoms with E-state index in [-0.39, 0.29) is 0 Å². The van der Waals surface area contributed by atoms with E-state index < -0.39 is 0 Å². The highest BCUT2D eigenvalue weighted by molar-refractivity contribution is 5.79. The second-order valence-corrected chi connectivity index (χ2v) is 7.04. The van der Waals surface area contributed by atoms with Gasteiger partial charge in [-0.15, -0.1) is 0 Å². The van der Waals surface area contributed by atoms with Gasteiger partial charge in [0.15, 0.2) is 5.96 Å². The first-order chi connectivity index (χ1) is 11.8. The third-order valence-corrected chi connectivity index (χ3v) is 4.81. The molecule has 0 saturated carbocycles. The molecule has 0 radical (unpaired) electrons. The Kier molecular flexibility index (Phi) is 9.46. The quantitative estimate of drug-likeness (QED) is 0.392. The third-order valence-electron chi connectivity index (χ3n) is 4.81. The minimum atomic E-state index is 0.848. The Bertz CT molecular complexity index is 357. The monoisotopic (exact) mass is 339 g/mol. The van der Waals surface area contributed by atoms with Gasteiger partial charge in [-0.3, -0.25) is 9.89 Å². The molecule has 6 nitrogen and oxygen atoms in total. The largest absolute Gasteiger partial charge is 0.379 e. The number of nitrogens with zero attached hydrogens (tertiary/aromatic N) is 3. The molecular weight excluding hydrogens is 302 g/mol. The fourth-order valence-corrected chi connectivity index (χ4v) is 3.47. The van der Waals surface area contributed by atoms with Crippen molar-refractivity contribution >= 4 is 5.96 Å². The van der Waals surface area contributed by atoms with Crippen LogP contribution in [0.1, 0.15) is 33.1 Å². The van der Waals surface area contributed by atoms with Crippen LogP contribution in [0.4, 0.5) is 0 Å². The predicted octanol–water partition coefficient (Wildman–Crippen LogP) is 0.996. The highest BCUT2D eigenvalue weighted by atomic mass is 16.5. The van der Waals surface area contributed by atoms with Gasteiger partial charge in [-0.25, -0.2) is 0 Å². The average molecular weight is 340 g/mol. The van der Waals surface area contributed by atoms with Crippen molar-refractivity contribution in [3.8, 4) is 0 Å². The number of aliphatic imine (C=N–C) groups is 1. The lowest BCUT2D eigenvalue weighted by Gasteiger charge is -2.30. The zero-order valence-electron chi connectivity index (χ0n) is 15.7. The predicted molar refractivity (Wildman–Crippen MR) is 101 cm³/mol. The number of guanidine groups is 1. The highest BCUT2D eigenvalue weighted by Gasteiger charge is 2.15. The summed E-state index contributed by atoms with van der Waals surface area (Å²) >= 11 is 0. The summed E-state index contributed by atoms with van der Waals surface area (Å²) < 4.78 is 5.38. The zero-order chi connectivity index (χ0) is 17.0. The van der Waals surface area contributed by atoms with Crippen LogP contribution in [0.25, 0.3) is 0 Å². The molecule has 2 saturated heterocycles. The maximum atomic E-state index is 5.38. The summed E-state index contributed by atoms with van der Waals surface area (Å²) in [6.45, 7) is 15.9. The van der Waals surface area contributed by atoms with Crippen molar-refractivity contribution in [2.24, 2.45) is 10.9 Å². The second-order valence-electron chi connectivity index (χ2n) is 7.04. The van der Waals surface area contributed by atoms with Gasteiger partial charge in [-0.2, -0.15) is 0 Å². The van der Waals surface area contributed by atoms with E-state index in [0.29, 0.717) is 0 Å². The number of hydrogen-bond donors (Lipinski definition) is 2. The first-order valence-corrected chi connectivity index (χ1v) is 9.82. The molecule has 2 aliphatic rings. The molecular formula is C18H37N5O. The van der Waals surface area contributed by atoms with Crippen LogP contribution >= 0.6 is 0 Å². The maximum Gasteiger partial charge on any atom is 0.191 e. The number of nitrogens with one attached hydrogen (secondary N) is 2. The Labute approximate surface area is 148 Å². The van der Waals surface area contributed by atoms with Crippen LogP contribution in [0.5, 0.6) is 0 Å². The van der Waals surface area contributed by atoms with Gasteiger partial charge in [0.1, 0.15) is 0 Å². The van der Waals surface area contributed by atoms with Crippen molar-refractivity contribution in [2.45, 2.75) is 33.1 Å². The van der Waals surface area contributed by atoms with E-state index in [9.17, 15) is 0 Å². The number of ether oxygens (including phenoxy) is 1. The number of morpholine rings is 1. The molecule has 0 aromatic heterocycles. The average Bonchev–Trinajstić information content (AvgIpc) is 2.59. The molecule has 2 fully saturated rings. The van der Waals surface area contributed by atoms with E-state index in [1.807, 2.05) is 0 Å². The lowest BCUT2D eigenvalue weighted by Crippen LogP contribution is -2.43. The van der Waals surface area contributed by atoms with Gasteiger partial charge in [0.05, 0.1) is 13.2 Å². The molecule has 6 heteroatoms. The van der Waals surface area contributed by atoms with E-state index in [2.05, 4.69) is 34.3 Å². The van der Waals surface area contributed by atoms with Gasteiger partial charge in [-0.05, 0) is 38.6 Å². The fraction of sp³-hybridized carbons (Fsp3) is 0.944. The van der Waals surface area contributed by atoms with Crippen LogP contribution in [-0.4, -0.2) is 87.9 Å². The highest BCUT2D eigenvalue weighted by Crippen LogP contribution is 2.14. The Morgan fingerprint density at radius 2 is 1.96 bits per heavy atom. The van der Waals surface area contributed by atoms with Crippen molar-refractivity contribution in [3.05, 3.63) is 0 Å². The smallest absolute Gasteiger partial charge is 0.191 e. The minimum Gasteiger partial charge on any atom is -0.379 e. The van der Waals surface area contributed by atoms with Crippen LogP contribution in [0.2, 0.25) is 0 Å². The molecule has 0 aliphatic carbocycles. The zero-order valence-corrected chi connectivity index (χ0v) is 15.7. The normalized spacial score (nSPS) is 24.1. The molecule has 2 N–H and O–H groups in total. The molecule has 1 unspecified atom stereocenters. The molecule has 0 spiro atoms. The molecule has 2 heterocycles. The van der Waals surface area contributed by atoms with Crippen LogP contribution in [0.15, 0.2) is 4.99 Å². The lowest BCUT2D eigenvalue weighted by molar-refractivity contribution is 0.0377. The Hall–Kier alpha value is -0.850. The molecule has 24 heavy (non-hydrogen) atoms. The number of hydrogen-bond acceptors (Lipinski definition) is 4. The summed E-state index contributed by atoms with van der Waals surface area (Å²) in [6, 6.07) is 0. The van der Waals surface area contributed by atoms with Crippen molar-refractivity contribution < 1.29 is 4.74 Å². The lowest BCUT2D eigenvalue weighted by atomic mass is 10.0. The molecule has 0 aromatic rings. The van der Waals surface area contributed by atoms with Gasteiger partial charge in [0.25, 0.3) is 0 Å². The van der Waals surface area contributed by atoms with E-state index >= 15 is 0 Å². The maximum absolute atomic E-state index is 5.38. The van der Waals surface area contributed by atoms with Gasteiger partial charge in [-0.1, -0.05) is 6.92 Å². The van der Waals surface area contributed by atoms with Crippen molar-refractivity contribution in [2.75, 3.05) is 72.1 Å². The van der Waals surface area contributed by atoms with Crippen LogP contribution in [0, 0.1) is 5.92 Å². The number of piperidine rings is 1. The minimum absolute atomic E-state index is 0.848. The van der Waals surface area contributed by atoms with E-state index in [1.165, 1.54) is 25.9 Å². The first kappa shape index (κ1) is 19.5. The van der Waals surface area contributed by atoms with Gasteiger partial charge >= 0.3 is 0 Å². The van der Waals surface area contributed by atoms with Crippen molar-refractivity contribution in [1.82, 2.24) is 20.4 Å². The van der Waals surface area contributed by atoms with Crippen molar-refractivity contribution in [1.29, 1.82) is 0 Å². The summed E-state index contributed by atoms with van der Waals surface area (Å²) in [5.41, 5.74) is 0. The Morgan fingerprint density at radius 1 is 1.12 bits per heavy atom. The van der Waals surface area contributed by atoms with Crippen LogP contribution in [0.3, 0.4) is 0 Å². The third kappa shape index (κ3) is 7.81. The molecule has 2 rings (SSSR count). The molecule has 1 atom stereocenters. The SMILES string of the molecule is CCNC(=NCCCN1CCOCC1)NCCN1CCCC(C)C1. The Balaban J connectivity index is 1.60. The topological polar surface area (TPSA) is 52.1 Å². The molecule has 0 amide bonds. The van der Waals surface area contributed by atoms with Gasteiger partial charge < -0.3 is 20.3 Å². The first-order valence-electron chi connectivity index (χ1n) is 9.82. The van der Waals surface area contributed by atoms with E-state index in [1.54, 1.807) is 0 Å². The summed E-state index contributed by atoms with van der Waals surface area (Å²) in [5.74, 6) is 1.81. The number of rotatable bonds is 8. The molecule has 140 valence electrons. The number of likely N-dealkylation sites (tertiary alicyclic amines) is 1. The summed E-state index contributed by atoms with van der Waals surface area (Å²) in [6.07, 6.45) is 3.84. The fourth-order valence-electron chi connectivity index (χ4n) is 3.47. The van der Waals surface area contributed by atoms with Crippen LogP contribution in [-0.2, 0) is 4.74 Å². The summed E-state index contributed by atoms with van der Waals surface area (Å²) in [7, 11) is 0. The summed E-state index contributed by atoms with van der Waals surface area (Å²) in [4.78, 5) is 9.76. The van der Waals surface area contributed by atoms with Crippen LogP contribution < -0.4 is 10.6 Å². The van der Waals surface area contributed by atoms with Gasteiger partial charge in [0.2, 0.25) is 0 Å². The van der Waals surface area contributed by atoms with E-state index in [0.717, 1.165) is 77.3 Å². The molecule has 0 bridgehead atoms. The van der Waals surface area contributed by atoms with E-state index in [4.69, 9.17) is 9.73 Å². The Morgan fingerprint density at radius 3 is 2.71 bits per heavy atom. The van der Waals surface area contributed by atoms with Gasteiger partial charge in [0, 0.05) is 52.4 Å². The molecule has 2 aliphatic heterocycles. The van der Waals surface area contributed by atoms with Crippen molar-refractivity contribution in [3.63, 3.8) is 0 Å². The second kappa shape index (κ2) is 11.7. The standard InChI is InChI=1S/C18H37N5O/c1-3-19-18(20-7-5-10-22-12-14-24-15-13-22)21-8-11-23-9-4-6-17(2)16-23/h17H,3-16H2,1-2H3,(H2,19,20,21). The summed E-state index contributed by atoms with van der Waals surface area (Å²) in [5, 5.41) is 6.84. The molecule has 0 aromatic carbocycles.